The lowest BCUT2D eigenvalue weighted by atomic mass is 9.96. The van der Waals surface area contributed by atoms with Crippen molar-refractivity contribution in [3.05, 3.63) is 111 Å². The number of benzene rings is 3. The van der Waals surface area contributed by atoms with Gasteiger partial charge in [-0.05, 0) is 54.7 Å². The van der Waals surface area contributed by atoms with Crippen molar-refractivity contribution in [1.82, 2.24) is 9.55 Å². The molecule has 0 spiro atoms. The molecule has 4 rings (SSSR count). The third kappa shape index (κ3) is 4.77. The highest BCUT2D eigenvalue weighted by Crippen LogP contribution is 2.24. The van der Waals surface area contributed by atoms with Crippen LogP contribution in [0.2, 0.25) is 0 Å². The van der Waals surface area contributed by atoms with Crippen molar-refractivity contribution in [3.63, 3.8) is 0 Å². The largest absolute Gasteiger partial charge is 0.508 e. The highest BCUT2D eigenvalue weighted by Gasteiger charge is 2.17. The van der Waals surface area contributed by atoms with E-state index < -0.39 is 0 Å². The maximum absolute atomic E-state index is 13.7. The van der Waals surface area contributed by atoms with Gasteiger partial charge in [0.05, 0.1) is 23.0 Å². The van der Waals surface area contributed by atoms with Crippen LogP contribution in [0.5, 0.6) is 5.75 Å². The van der Waals surface area contributed by atoms with Gasteiger partial charge in [0.1, 0.15) is 11.6 Å². The summed E-state index contributed by atoms with van der Waals surface area (Å²) in [5.74, 6) is 0.711. The molecule has 0 saturated heterocycles. The minimum absolute atomic E-state index is 0.105. The average Bonchev–Trinajstić information content (AvgIpc) is 2.85. The molecular weight excluding hydrogens is 422 g/mol. The number of phenols is 1. The molecule has 3 aromatic carbocycles. The molecular formula is C29H27N3O2. The summed E-state index contributed by atoms with van der Waals surface area (Å²) in [6, 6.07) is 24.4. The van der Waals surface area contributed by atoms with Crippen LogP contribution < -0.4 is 5.56 Å². The number of unbranched alkanes of at least 4 members (excludes halogenated alkanes) is 1. The van der Waals surface area contributed by atoms with Gasteiger partial charge in [-0.2, -0.15) is 5.26 Å². The Labute approximate surface area is 199 Å². The van der Waals surface area contributed by atoms with Gasteiger partial charge in [0.25, 0.3) is 5.56 Å². The second kappa shape index (κ2) is 10.2. The summed E-state index contributed by atoms with van der Waals surface area (Å²) in [7, 11) is 0. The van der Waals surface area contributed by atoms with Crippen molar-refractivity contribution < 1.29 is 5.11 Å². The first kappa shape index (κ1) is 23.0. The highest BCUT2D eigenvalue weighted by molar-refractivity contribution is 5.70. The van der Waals surface area contributed by atoms with E-state index in [4.69, 9.17) is 4.98 Å². The van der Waals surface area contributed by atoms with Gasteiger partial charge in [-0.25, -0.2) is 4.98 Å². The number of phenolic OH excluding ortho intramolecular Hbond substituents is 1. The summed E-state index contributed by atoms with van der Waals surface area (Å²) in [5, 5.41) is 19.3. The second-order valence-corrected chi connectivity index (χ2v) is 8.38. The minimum atomic E-state index is -0.108. The third-order valence-corrected chi connectivity index (χ3v) is 5.98. The van der Waals surface area contributed by atoms with Crippen molar-refractivity contribution in [1.29, 1.82) is 5.26 Å². The highest BCUT2D eigenvalue weighted by atomic mass is 16.3. The van der Waals surface area contributed by atoms with Crippen LogP contribution in [0.15, 0.2) is 77.6 Å². The molecule has 0 unspecified atom stereocenters. The molecule has 0 aliphatic carbocycles. The van der Waals surface area contributed by atoms with Gasteiger partial charge >= 0.3 is 0 Å². The third-order valence-electron chi connectivity index (χ3n) is 5.98. The summed E-state index contributed by atoms with van der Waals surface area (Å²) in [5.41, 5.74) is 5.49. The first-order valence-electron chi connectivity index (χ1n) is 11.5. The SMILES string of the molecule is CCCCc1nc(C)n(-c2cccc(O)c2)c(=O)c1Cc1ccc(-c2ccccc2C#N)cc1. The van der Waals surface area contributed by atoms with Crippen LogP contribution in [0.4, 0.5) is 0 Å². The van der Waals surface area contributed by atoms with Gasteiger partial charge in [-0.15, -0.1) is 0 Å². The number of nitrogens with zero attached hydrogens (tertiary/aromatic N) is 3. The molecule has 5 nitrogen and oxygen atoms in total. The van der Waals surface area contributed by atoms with E-state index >= 15 is 0 Å². The number of nitriles is 1. The number of aryl methyl sites for hydroxylation is 2. The molecule has 1 aromatic heterocycles. The zero-order valence-electron chi connectivity index (χ0n) is 19.5. The van der Waals surface area contributed by atoms with Crippen molar-refractivity contribution in [2.24, 2.45) is 0 Å². The second-order valence-electron chi connectivity index (χ2n) is 8.38. The fourth-order valence-electron chi connectivity index (χ4n) is 4.22. The van der Waals surface area contributed by atoms with Gasteiger partial charge in [0.15, 0.2) is 0 Å². The van der Waals surface area contributed by atoms with Gasteiger partial charge < -0.3 is 5.11 Å². The lowest BCUT2D eigenvalue weighted by molar-refractivity contribution is 0.475. The Morgan fingerprint density at radius 2 is 1.79 bits per heavy atom. The van der Waals surface area contributed by atoms with Crippen molar-refractivity contribution >= 4 is 0 Å². The summed E-state index contributed by atoms with van der Waals surface area (Å²) < 4.78 is 1.57. The molecule has 0 aliphatic heterocycles. The smallest absolute Gasteiger partial charge is 0.261 e. The van der Waals surface area contributed by atoms with Crippen molar-refractivity contribution in [2.45, 2.75) is 39.5 Å². The predicted octanol–water partition coefficient (Wildman–Crippen LogP) is 5.72. The molecule has 170 valence electrons. The van der Waals surface area contributed by atoms with Crippen LogP contribution >= 0.6 is 0 Å². The van der Waals surface area contributed by atoms with E-state index in [1.54, 1.807) is 28.8 Å². The number of aromatic hydroxyl groups is 1. The first-order valence-corrected chi connectivity index (χ1v) is 11.5. The molecule has 0 atom stereocenters. The quantitative estimate of drug-likeness (QED) is 0.391. The van der Waals surface area contributed by atoms with Crippen LogP contribution in [-0.4, -0.2) is 14.7 Å². The van der Waals surface area contributed by atoms with E-state index in [1.807, 2.05) is 55.5 Å². The number of hydrogen-bond donors (Lipinski definition) is 1. The van der Waals surface area contributed by atoms with Crippen molar-refractivity contribution in [3.8, 4) is 28.6 Å². The lowest BCUT2D eigenvalue weighted by Gasteiger charge is -2.16. The molecule has 0 aliphatic rings. The van der Waals surface area contributed by atoms with E-state index in [1.165, 1.54) is 0 Å². The van der Waals surface area contributed by atoms with Gasteiger partial charge in [-0.3, -0.25) is 9.36 Å². The molecule has 0 radical (unpaired) electrons. The zero-order chi connectivity index (χ0) is 24.1. The Bertz CT molecular complexity index is 1410. The normalized spacial score (nSPS) is 10.7. The minimum Gasteiger partial charge on any atom is -0.508 e. The molecule has 34 heavy (non-hydrogen) atoms. The topological polar surface area (TPSA) is 78.9 Å². The van der Waals surface area contributed by atoms with Crippen LogP contribution in [0.1, 0.15) is 48.0 Å². The predicted molar refractivity (Wildman–Crippen MR) is 134 cm³/mol. The Morgan fingerprint density at radius 1 is 1.03 bits per heavy atom. The Morgan fingerprint density at radius 3 is 2.50 bits per heavy atom. The zero-order valence-corrected chi connectivity index (χ0v) is 19.5. The lowest BCUT2D eigenvalue weighted by Crippen LogP contribution is -2.28. The molecule has 5 heteroatoms. The Kier molecular flexibility index (Phi) is 6.89. The average molecular weight is 450 g/mol. The fourth-order valence-corrected chi connectivity index (χ4v) is 4.22. The summed E-state index contributed by atoms with van der Waals surface area (Å²) in [6.07, 6.45) is 3.18. The molecule has 1 heterocycles. The monoisotopic (exact) mass is 449 g/mol. The first-order chi connectivity index (χ1) is 16.5. The standard InChI is InChI=1S/C29H27N3O2/c1-3-4-12-28-27(29(34)32(20(2)31-28)24-9-7-10-25(33)18-24)17-21-13-15-22(16-14-21)26-11-6-5-8-23(26)19-30/h5-11,13-16,18,33H,3-4,12,17H2,1-2H3. The molecule has 0 fully saturated rings. The maximum atomic E-state index is 13.7. The Balaban J connectivity index is 1.75. The number of hydrogen-bond acceptors (Lipinski definition) is 4. The van der Waals surface area contributed by atoms with E-state index in [0.29, 0.717) is 29.1 Å². The number of rotatable bonds is 7. The summed E-state index contributed by atoms with van der Waals surface area (Å²) in [4.78, 5) is 18.5. The van der Waals surface area contributed by atoms with Gasteiger partial charge in [-0.1, -0.05) is 61.9 Å². The van der Waals surface area contributed by atoms with Gasteiger partial charge in [0, 0.05) is 18.1 Å². The van der Waals surface area contributed by atoms with Crippen LogP contribution in [-0.2, 0) is 12.8 Å². The van der Waals surface area contributed by atoms with E-state index in [2.05, 4.69) is 13.0 Å². The van der Waals surface area contributed by atoms with Gasteiger partial charge in [0.2, 0.25) is 0 Å². The summed E-state index contributed by atoms with van der Waals surface area (Å²) in [6.45, 7) is 3.95. The number of aromatic nitrogens is 2. The van der Waals surface area contributed by atoms with Crippen molar-refractivity contribution in [2.75, 3.05) is 0 Å². The fraction of sp³-hybridized carbons (Fsp3) is 0.207. The molecule has 1 N–H and O–H groups in total. The Hall–Kier alpha value is -4.17. The maximum Gasteiger partial charge on any atom is 0.261 e. The molecule has 0 amide bonds. The molecule has 0 bridgehead atoms. The van der Waals surface area contributed by atoms with Crippen LogP contribution in [0.25, 0.3) is 16.8 Å². The van der Waals surface area contributed by atoms with Crippen LogP contribution in [0.3, 0.4) is 0 Å². The van der Waals surface area contributed by atoms with E-state index in [9.17, 15) is 15.2 Å². The van der Waals surface area contributed by atoms with Crippen LogP contribution in [0, 0.1) is 18.3 Å². The van der Waals surface area contributed by atoms with E-state index in [-0.39, 0.29) is 11.3 Å². The molecule has 4 aromatic rings. The summed E-state index contributed by atoms with van der Waals surface area (Å²) >= 11 is 0. The molecule has 0 saturated carbocycles. The van der Waals surface area contributed by atoms with E-state index in [0.717, 1.165) is 41.6 Å².